The molecule has 0 saturated carbocycles. The smallest absolute Gasteiger partial charge is 0.343 e. The van der Waals surface area contributed by atoms with E-state index in [1.165, 1.54) is 5.56 Å². The molecule has 0 aliphatic rings. The van der Waals surface area contributed by atoms with Gasteiger partial charge in [-0.25, -0.2) is 4.79 Å². The lowest BCUT2D eigenvalue weighted by molar-refractivity contribution is 0.450. The molecule has 0 N–H and O–H groups in total. The van der Waals surface area contributed by atoms with Gasteiger partial charge in [-0.15, -0.1) is 6.58 Å². The van der Waals surface area contributed by atoms with E-state index in [0.29, 0.717) is 5.39 Å². The summed E-state index contributed by atoms with van der Waals surface area (Å²) < 4.78 is 5.74. The molecule has 1 atom stereocenters. The Morgan fingerprint density at radius 2 is 1.72 bits per heavy atom. The van der Waals surface area contributed by atoms with Gasteiger partial charge in [-0.3, -0.25) is 0 Å². The zero-order chi connectivity index (χ0) is 17.6. The molecule has 0 saturated heterocycles. The zero-order valence-electron chi connectivity index (χ0n) is 14.7. The number of hydrogen-bond acceptors (Lipinski definition) is 2. The van der Waals surface area contributed by atoms with Gasteiger partial charge in [-0.05, 0) is 29.9 Å². The second kappa shape index (κ2) is 7.98. The van der Waals surface area contributed by atoms with Crippen LogP contribution < -0.4 is 5.63 Å². The first kappa shape index (κ1) is 17.2. The number of hydrogen-bond donors (Lipinski definition) is 0. The normalized spacial score (nSPS) is 12.2. The van der Waals surface area contributed by atoms with Gasteiger partial charge in [0.25, 0.3) is 0 Å². The summed E-state index contributed by atoms with van der Waals surface area (Å²) in [5.74, 6) is 0.926. The lowest BCUT2D eigenvalue weighted by Crippen LogP contribution is -2.11. The number of rotatable bonds is 7. The van der Waals surface area contributed by atoms with Gasteiger partial charge in [0, 0.05) is 17.9 Å². The Morgan fingerprint density at radius 1 is 1.04 bits per heavy atom. The second-order valence-electron chi connectivity index (χ2n) is 6.41. The minimum atomic E-state index is -0.243. The zero-order valence-corrected chi connectivity index (χ0v) is 14.7. The number of allylic oxidation sites excluding steroid dienone is 1. The molecule has 1 aromatic heterocycles. The van der Waals surface area contributed by atoms with Gasteiger partial charge in [-0.1, -0.05) is 68.0 Å². The van der Waals surface area contributed by atoms with Crippen LogP contribution in [0.1, 0.15) is 42.6 Å². The summed E-state index contributed by atoms with van der Waals surface area (Å²) in [6.07, 6.45) is 5.67. The SMILES string of the molecule is C=CC(Cc1ccccc1)c1c(CCCC)oc(=O)c2ccccc12. The van der Waals surface area contributed by atoms with E-state index in [2.05, 4.69) is 37.8 Å². The molecule has 3 aromatic rings. The van der Waals surface area contributed by atoms with Crippen LogP contribution in [-0.2, 0) is 12.8 Å². The third-order valence-corrected chi connectivity index (χ3v) is 4.66. The Kier molecular flexibility index (Phi) is 5.49. The van der Waals surface area contributed by atoms with Gasteiger partial charge in [0.2, 0.25) is 0 Å². The molecule has 0 bridgehead atoms. The van der Waals surface area contributed by atoms with Gasteiger partial charge in [0.1, 0.15) is 5.76 Å². The summed E-state index contributed by atoms with van der Waals surface area (Å²) in [4.78, 5) is 12.4. The molecule has 0 aliphatic heterocycles. The quantitative estimate of drug-likeness (QED) is 0.523. The molecule has 2 aromatic carbocycles. The maximum atomic E-state index is 12.4. The average molecular weight is 332 g/mol. The highest BCUT2D eigenvalue weighted by Gasteiger charge is 2.20. The minimum absolute atomic E-state index is 0.114. The maximum absolute atomic E-state index is 12.4. The van der Waals surface area contributed by atoms with E-state index >= 15 is 0 Å². The van der Waals surface area contributed by atoms with Crippen LogP contribution in [0.2, 0.25) is 0 Å². The lowest BCUT2D eigenvalue weighted by Gasteiger charge is -2.19. The highest BCUT2D eigenvalue weighted by Crippen LogP contribution is 2.31. The molecule has 0 amide bonds. The van der Waals surface area contributed by atoms with Crippen molar-refractivity contribution in [1.82, 2.24) is 0 Å². The molecule has 0 spiro atoms. The first-order valence-corrected chi connectivity index (χ1v) is 8.95. The number of benzene rings is 2. The fourth-order valence-corrected chi connectivity index (χ4v) is 3.37. The number of fused-ring (bicyclic) bond motifs is 1. The van der Waals surface area contributed by atoms with Crippen molar-refractivity contribution in [3.05, 3.63) is 94.6 Å². The summed E-state index contributed by atoms with van der Waals surface area (Å²) in [7, 11) is 0. The van der Waals surface area contributed by atoms with Gasteiger partial charge < -0.3 is 4.42 Å². The average Bonchev–Trinajstić information content (AvgIpc) is 2.66. The van der Waals surface area contributed by atoms with Crippen molar-refractivity contribution in [3.8, 4) is 0 Å². The Hall–Kier alpha value is -2.61. The van der Waals surface area contributed by atoms with Gasteiger partial charge in [0.15, 0.2) is 0 Å². The molecule has 128 valence electrons. The van der Waals surface area contributed by atoms with Crippen LogP contribution in [0.25, 0.3) is 10.8 Å². The van der Waals surface area contributed by atoms with E-state index < -0.39 is 0 Å². The molecular weight excluding hydrogens is 308 g/mol. The number of unbranched alkanes of at least 4 members (excludes halogenated alkanes) is 1. The van der Waals surface area contributed by atoms with Crippen LogP contribution in [0.15, 0.2) is 76.5 Å². The van der Waals surface area contributed by atoms with Crippen molar-refractivity contribution < 1.29 is 4.42 Å². The molecule has 2 heteroatoms. The molecule has 3 rings (SSSR count). The summed E-state index contributed by atoms with van der Waals surface area (Å²) >= 11 is 0. The van der Waals surface area contributed by atoms with Crippen molar-refractivity contribution in [1.29, 1.82) is 0 Å². The number of aryl methyl sites for hydroxylation is 1. The maximum Gasteiger partial charge on any atom is 0.343 e. The molecule has 1 heterocycles. The van der Waals surface area contributed by atoms with Crippen LogP contribution in [0.5, 0.6) is 0 Å². The highest BCUT2D eigenvalue weighted by atomic mass is 16.4. The third kappa shape index (κ3) is 3.74. The molecule has 1 unspecified atom stereocenters. The van der Waals surface area contributed by atoms with Crippen molar-refractivity contribution in [3.63, 3.8) is 0 Å². The third-order valence-electron chi connectivity index (χ3n) is 4.66. The minimum Gasteiger partial charge on any atom is -0.427 e. The summed E-state index contributed by atoms with van der Waals surface area (Å²) in [5.41, 5.74) is 2.12. The van der Waals surface area contributed by atoms with E-state index in [1.54, 1.807) is 0 Å². The van der Waals surface area contributed by atoms with E-state index in [0.717, 1.165) is 42.4 Å². The second-order valence-corrected chi connectivity index (χ2v) is 6.41. The molecule has 0 fully saturated rings. The fraction of sp³-hybridized carbons (Fsp3) is 0.261. The van der Waals surface area contributed by atoms with Crippen molar-refractivity contribution in [2.75, 3.05) is 0 Å². The van der Waals surface area contributed by atoms with E-state index in [9.17, 15) is 4.79 Å². The molecular formula is C23H24O2. The van der Waals surface area contributed by atoms with Crippen LogP contribution in [0, 0.1) is 0 Å². The fourth-order valence-electron chi connectivity index (χ4n) is 3.37. The molecule has 0 radical (unpaired) electrons. The van der Waals surface area contributed by atoms with E-state index in [-0.39, 0.29) is 11.5 Å². The first-order valence-electron chi connectivity index (χ1n) is 8.95. The standard InChI is InChI=1S/C23H24O2/c1-3-5-15-21-22(18(4-2)16-17-11-7-6-8-12-17)19-13-9-10-14-20(19)23(24)25-21/h4,6-14,18H,2-3,5,15-16H2,1H3. The van der Waals surface area contributed by atoms with Gasteiger partial charge in [0.05, 0.1) is 5.39 Å². The summed E-state index contributed by atoms with van der Waals surface area (Å²) in [6.45, 7) is 6.21. The lowest BCUT2D eigenvalue weighted by atomic mass is 9.87. The van der Waals surface area contributed by atoms with Gasteiger partial charge >= 0.3 is 5.63 Å². The summed E-state index contributed by atoms with van der Waals surface area (Å²) in [6, 6.07) is 18.1. The Morgan fingerprint density at radius 3 is 2.40 bits per heavy atom. The van der Waals surface area contributed by atoms with Crippen LogP contribution in [-0.4, -0.2) is 0 Å². The summed E-state index contributed by atoms with van der Waals surface area (Å²) in [5, 5.41) is 1.64. The molecule has 25 heavy (non-hydrogen) atoms. The molecule has 2 nitrogen and oxygen atoms in total. The Labute approximate surface area is 148 Å². The molecule has 0 aliphatic carbocycles. The highest BCUT2D eigenvalue weighted by molar-refractivity contribution is 5.85. The Balaban J connectivity index is 2.15. The van der Waals surface area contributed by atoms with Gasteiger partial charge in [-0.2, -0.15) is 0 Å². The Bertz CT molecular complexity index is 906. The van der Waals surface area contributed by atoms with E-state index in [1.807, 2.05) is 36.4 Å². The van der Waals surface area contributed by atoms with Crippen molar-refractivity contribution >= 4 is 10.8 Å². The van der Waals surface area contributed by atoms with Crippen molar-refractivity contribution in [2.45, 2.75) is 38.5 Å². The topological polar surface area (TPSA) is 30.2 Å². The first-order chi connectivity index (χ1) is 12.2. The predicted molar refractivity (Wildman–Crippen MR) is 104 cm³/mol. The van der Waals surface area contributed by atoms with Crippen LogP contribution in [0.3, 0.4) is 0 Å². The predicted octanol–water partition coefficient (Wildman–Crippen LogP) is 5.65. The van der Waals surface area contributed by atoms with Crippen LogP contribution >= 0.6 is 0 Å². The van der Waals surface area contributed by atoms with E-state index in [4.69, 9.17) is 4.42 Å². The van der Waals surface area contributed by atoms with Crippen molar-refractivity contribution in [2.24, 2.45) is 0 Å². The van der Waals surface area contributed by atoms with Crippen LogP contribution in [0.4, 0.5) is 0 Å². The monoisotopic (exact) mass is 332 g/mol. The largest absolute Gasteiger partial charge is 0.427 e.